The van der Waals surface area contributed by atoms with E-state index in [1.165, 1.54) is 25.9 Å². The average Bonchev–Trinajstić information content (AvgIpc) is 2.53. The zero-order valence-electron chi connectivity index (χ0n) is 14.1. The van der Waals surface area contributed by atoms with Gasteiger partial charge in [-0.15, -0.1) is 0 Å². The van der Waals surface area contributed by atoms with E-state index >= 15 is 0 Å². The van der Waals surface area contributed by atoms with E-state index in [9.17, 15) is 9.59 Å². The van der Waals surface area contributed by atoms with Gasteiger partial charge in [0.25, 0.3) is 0 Å². The topological polar surface area (TPSA) is 66.6 Å². The van der Waals surface area contributed by atoms with E-state index in [0.717, 1.165) is 31.8 Å². The zero-order chi connectivity index (χ0) is 16.1. The molecule has 2 aliphatic rings. The van der Waals surface area contributed by atoms with Crippen LogP contribution >= 0.6 is 0 Å². The van der Waals surface area contributed by atoms with Gasteiger partial charge >= 0.3 is 0 Å². The van der Waals surface area contributed by atoms with Crippen molar-refractivity contribution in [2.75, 3.05) is 26.2 Å². The molecule has 126 valence electrons. The molecule has 22 heavy (non-hydrogen) atoms. The number of carbonyl (C=O) groups excluding carboxylic acids is 2. The van der Waals surface area contributed by atoms with Crippen LogP contribution in [0.5, 0.6) is 0 Å². The van der Waals surface area contributed by atoms with Crippen molar-refractivity contribution in [3.8, 4) is 0 Å². The molecule has 2 saturated heterocycles. The molecule has 0 radical (unpaired) electrons. The lowest BCUT2D eigenvalue weighted by Gasteiger charge is -2.41. The van der Waals surface area contributed by atoms with Gasteiger partial charge in [-0.2, -0.15) is 0 Å². The molecule has 0 aromatic rings. The van der Waals surface area contributed by atoms with Crippen LogP contribution in [0.2, 0.25) is 0 Å². The van der Waals surface area contributed by atoms with Crippen LogP contribution in [0.3, 0.4) is 0 Å². The minimum atomic E-state index is -0.314. The Labute approximate surface area is 134 Å². The first-order valence-electron chi connectivity index (χ1n) is 8.78. The molecule has 0 aromatic carbocycles. The summed E-state index contributed by atoms with van der Waals surface area (Å²) in [6.45, 7) is 8.29. The van der Waals surface area contributed by atoms with E-state index in [0.29, 0.717) is 18.9 Å². The van der Waals surface area contributed by atoms with E-state index in [-0.39, 0.29) is 17.7 Å². The van der Waals surface area contributed by atoms with Crippen molar-refractivity contribution in [3.63, 3.8) is 0 Å². The van der Waals surface area contributed by atoms with Gasteiger partial charge in [-0.25, -0.2) is 0 Å². The van der Waals surface area contributed by atoms with Crippen LogP contribution in [0.25, 0.3) is 0 Å². The number of hydrogen-bond acceptors (Lipinski definition) is 3. The predicted molar refractivity (Wildman–Crippen MR) is 87.2 cm³/mol. The zero-order valence-corrected chi connectivity index (χ0v) is 14.1. The lowest BCUT2D eigenvalue weighted by Crippen LogP contribution is -2.48. The van der Waals surface area contributed by atoms with Crippen LogP contribution in [0, 0.1) is 11.8 Å². The third-order valence-corrected chi connectivity index (χ3v) is 5.43. The smallest absolute Gasteiger partial charge is 0.222 e. The second kappa shape index (κ2) is 7.95. The predicted octanol–water partition coefficient (Wildman–Crippen LogP) is 1.61. The van der Waals surface area contributed by atoms with Crippen molar-refractivity contribution < 1.29 is 9.59 Å². The first-order valence-corrected chi connectivity index (χ1v) is 8.78. The molecule has 2 amide bonds. The molecule has 2 aliphatic heterocycles. The summed E-state index contributed by atoms with van der Waals surface area (Å²) in [6.07, 6.45) is 5.80. The fourth-order valence-electron chi connectivity index (χ4n) is 3.51. The molecule has 0 aliphatic carbocycles. The van der Waals surface area contributed by atoms with Crippen molar-refractivity contribution >= 4 is 11.8 Å². The third-order valence-electron chi connectivity index (χ3n) is 5.43. The molecule has 2 fully saturated rings. The second-order valence-electron chi connectivity index (χ2n) is 7.17. The molecule has 1 atom stereocenters. The molecule has 2 N–H and O–H groups in total. The Morgan fingerprint density at radius 2 is 1.68 bits per heavy atom. The van der Waals surface area contributed by atoms with E-state index < -0.39 is 0 Å². The third kappa shape index (κ3) is 4.70. The van der Waals surface area contributed by atoms with E-state index in [2.05, 4.69) is 11.8 Å². The van der Waals surface area contributed by atoms with E-state index in [1.54, 1.807) is 6.92 Å². The summed E-state index contributed by atoms with van der Waals surface area (Å²) < 4.78 is 0. The van der Waals surface area contributed by atoms with Gasteiger partial charge in [-0.3, -0.25) is 9.59 Å². The summed E-state index contributed by atoms with van der Waals surface area (Å²) in [5, 5.41) is 0. The Kier molecular flexibility index (Phi) is 6.24. The highest BCUT2D eigenvalue weighted by Crippen LogP contribution is 2.24. The summed E-state index contributed by atoms with van der Waals surface area (Å²) in [5.74, 6) is 0.520. The molecule has 2 heterocycles. The van der Waals surface area contributed by atoms with Crippen LogP contribution in [0.1, 0.15) is 52.4 Å². The average molecular weight is 309 g/mol. The van der Waals surface area contributed by atoms with Crippen molar-refractivity contribution in [2.45, 2.75) is 58.4 Å². The Hall–Kier alpha value is -1.10. The molecule has 0 aromatic heterocycles. The summed E-state index contributed by atoms with van der Waals surface area (Å²) in [5.41, 5.74) is 5.24. The Morgan fingerprint density at radius 3 is 2.23 bits per heavy atom. The van der Waals surface area contributed by atoms with Gasteiger partial charge in [0.2, 0.25) is 11.8 Å². The molecule has 5 nitrogen and oxygen atoms in total. The van der Waals surface area contributed by atoms with Crippen LogP contribution in [-0.2, 0) is 9.59 Å². The Bertz CT molecular complexity index is 383. The van der Waals surface area contributed by atoms with Gasteiger partial charge in [-0.1, -0.05) is 13.8 Å². The summed E-state index contributed by atoms with van der Waals surface area (Å²) in [6, 6.07) is 0.654. The number of amides is 2. The molecule has 0 unspecified atom stereocenters. The number of nitrogens with two attached hydrogens (primary N) is 1. The summed E-state index contributed by atoms with van der Waals surface area (Å²) in [4.78, 5) is 27.8. The Balaban J connectivity index is 1.70. The van der Waals surface area contributed by atoms with Gasteiger partial charge in [-0.05, 0) is 51.1 Å². The minimum Gasteiger partial charge on any atom is -0.369 e. The first-order chi connectivity index (χ1) is 10.5. The normalized spacial score (nSPS) is 23.5. The van der Waals surface area contributed by atoms with Gasteiger partial charge in [0.15, 0.2) is 0 Å². The molecule has 0 bridgehead atoms. The van der Waals surface area contributed by atoms with Gasteiger partial charge in [0, 0.05) is 31.5 Å². The largest absolute Gasteiger partial charge is 0.369 e. The molecule has 5 heteroatoms. The number of rotatable bonds is 5. The van der Waals surface area contributed by atoms with Crippen molar-refractivity contribution in [3.05, 3.63) is 0 Å². The molecule has 0 saturated carbocycles. The summed E-state index contributed by atoms with van der Waals surface area (Å²) >= 11 is 0. The number of likely N-dealkylation sites (tertiary alicyclic amines) is 2. The van der Waals surface area contributed by atoms with Gasteiger partial charge in [0.05, 0.1) is 0 Å². The Morgan fingerprint density at radius 1 is 1.09 bits per heavy atom. The lowest BCUT2D eigenvalue weighted by atomic mass is 9.94. The minimum absolute atomic E-state index is 0.179. The molecular weight excluding hydrogens is 278 g/mol. The number of piperidine rings is 2. The van der Waals surface area contributed by atoms with Crippen LogP contribution in [0.4, 0.5) is 0 Å². The second-order valence-corrected chi connectivity index (χ2v) is 7.17. The van der Waals surface area contributed by atoms with E-state index in [1.807, 2.05) is 4.90 Å². The van der Waals surface area contributed by atoms with Crippen molar-refractivity contribution in [2.24, 2.45) is 17.6 Å². The van der Waals surface area contributed by atoms with E-state index in [4.69, 9.17) is 5.73 Å². The van der Waals surface area contributed by atoms with Crippen molar-refractivity contribution in [1.82, 2.24) is 9.80 Å². The number of carbonyl (C=O) groups is 2. The monoisotopic (exact) mass is 309 g/mol. The van der Waals surface area contributed by atoms with Crippen LogP contribution < -0.4 is 5.73 Å². The standard InChI is InChI=1S/C17H31N3O2/c1-13-5-9-19(10-6-13)15-7-11-20(12-8-15)16(21)4-3-14(2)17(18)22/h13-15H,3-12H2,1-2H3,(H2,18,22)/t14-/m0/s1. The highest BCUT2D eigenvalue weighted by Gasteiger charge is 2.28. The molecular formula is C17H31N3O2. The number of nitrogens with zero attached hydrogens (tertiary/aromatic N) is 2. The quantitative estimate of drug-likeness (QED) is 0.839. The highest BCUT2D eigenvalue weighted by atomic mass is 16.2. The summed E-state index contributed by atoms with van der Waals surface area (Å²) in [7, 11) is 0. The van der Waals surface area contributed by atoms with Gasteiger partial charge < -0.3 is 15.5 Å². The maximum atomic E-state index is 12.2. The SMILES string of the molecule is CC1CCN(C2CCN(C(=O)CC[C@H](C)C(N)=O)CC2)CC1. The lowest BCUT2D eigenvalue weighted by molar-refractivity contribution is -0.133. The fourth-order valence-corrected chi connectivity index (χ4v) is 3.51. The van der Waals surface area contributed by atoms with Gasteiger partial charge in [0.1, 0.15) is 0 Å². The highest BCUT2D eigenvalue weighted by molar-refractivity contribution is 5.79. The molecule has 0 spiro atoms. The maximum Gasteiger partial charge on any atom is 0.222 e. The van der Waals surface area contributed by atoms with Crippen LogP contribution in [-0.4, -0.2) is 53.8 Å². The fraction of sp³-hybridized carbons (Fsp3) is 0.882. The van der Waals surface area contributed by atoms with Crippen molar-refractivity contribution in [1.29, 1.82) is 0 Å². The number of primary amides is 1. The first kappa shape index (κ1) is 17.3. The maximum absolute atomic E-state index is 12.2. The van der Waals surface area contributed by atoms with Crippen LogP contribution in [0.15, 0.2) is 0 Å². The number of hydrogen-bond donors (Lipinski definition) is 1. The molecule has 2 rings (SSSR count).